The monoisotopic (exact) mass is 353 g/mol. The van der Waals surface area contributed by atoms with Gasteiger partial charge in [-0.2, -0.15) is 0 Å². The Morgan fingerprint density at radius 3 is 2.77 bits per heavy atom. The van der Waals surface area contributed by atoms with E-state index >= 15 is 0 Å². The van der Waals surface area contributed by atoms with Gasteiger partial charge in [0.25, 0.3) is 0 Å². The van der Waals surface area contributed by atoms with E-state index in [9.17, 15) is 0 Å². The van der Waals surface area contributed by atoms with E-state index in [0.29, 0.717) is 18.5 Å². The molecular formula is C19H27N7. The van der Waals surface area contributed by atoms with Crippen LogP contribution < -0.4 is 10.6 Å². The second kappa shape index (κ2) is 7.45. The SMILES string of the molecule is CN=C(NCc1nncn1-c1ccccc1)NC1CN(C2CC2)CC1C. The molecule has 2 fully saturated rings. The van der Waals surface area contributed by atoms with Crippen molar-refractivity contribution in [2.45, 2.75) is 38.4 Å². The second-order valence-electron chi connectivity index (χ2n) is 7.29. The quantitative estimate of drug-likeness (QED) is 0.628. The lowest BCUT2D eigenvalue weighted by molar-refractivity contribution is 0.315. The highest BCUT2D eigenvalue weighted by atomic mass is 15.3. The third-order valence-corrected chi connectivity index (χ3v) is 5.32. The lowest BCUT2D eigenvalue weighted by atomic mass is 10.1. The van der Waals surface area contributed by atoms with Gasteiger partial charge in [0, 0.05) is 37.9 Å². The molecule has 1 aliphatic heterocycles. The molecule has 7 heteroatoms. The van der Waals surface area contributed by atoms with Gasteiger partial charge in [0.15, 0.2) is 11.8 Å². The summed E-state index contributed by atoms with van der Waals surface area (Å²) in [6.45, 7) is 5.18. The molecule has 2 atom stereocenters. The van der Waals surface area contributed by atoms with Gasteiger partial charge in [0.05, 0.1) is 6.54 Å². The molecule has 26 heavy (non-hydrogen) atoms. The van der Waals surface area contributed by atoms with E-state index in [0.717, 1.165) is 30.1 Å². The van der Waals surface area contributed by atoms with E-state index in [1.54, 1.807) is 6.33 Å². The lowest BCUT2D eigenvalue weighted by Gasteiger charge is -2.20. The maximum atomic E-state index is 4.39. The van der Waals surface area contributed by atoms with Crippen molar-refractivity contribution < 1.29 is 0 Å². The zero-order valence-electron chi connectivity index (χ0n) is 15.5. The maximum Gasteiger partial charge on any atom is 0.191 e. The molecule has 2 aromatic rings. The predicted octanol–water partition coefficient (Wildman–Crippen LogP) is 1.41. The zero-order valence-corrected chi connectivity index (χ0v) is 15.5. The standard InChI is InChI=1S/C19H27N7/c1-14-11-25(15-8-9-15)12-17(14)23-19(20-2)21-10-18-24-22-13-26(18)16-6-4-3-5-7-16/h3-7,13-15,17H,8-12H2,1-2H3,(H2,20,21,23). The van der Waals surface area contributed by atoms with Gasteiger partial charge >= 0.3 is 0 Å². The Kier molecular flexibility index (Phi) is 4.88. The Balaban J connectivity index is 1.36. The molecule has 2 N–H and O–H groups in total. The summed E-state index contributed by atoms with van der Waals surface area (Å²) >= 11 is 0. The van der Waals surface area contributed by atoms with Crippen LogP contribution in [-0.2, 0) is 6.54 Å². The van der Waals surface area contributed by atoms with Crippen LogP contribution in [-0.4, -0.2) is 57.8 Å². The maximum absolute atomic E-state index is 4.39. The molecule has 2 aliphatic rings. The number of likely N-dealkylation sites (tertiary alicyclic amines) is 1. The van der Waals surface area contributed by atoms with Crippen LogP contribution in [0.25, 0.3) is 5.69 Å². The smallest absolute Gasteiger partial charge is 0.191 e. The fourth-order valence-corrected chi connectivity index (χ4v) is 3.65. The summed E-state index contributed by atoms with van der Waals surface area (Å²) in [6, 6.07) is 11.4. The fraction of sp³-hybridized carbons (Fsp3) is 0.526. The minimum absolute atomic E-state index is 0.439. The van der Waals surface area contributed by atoms with E-state index in [2.05, 4.69) is 37.6 Å². The van der Waals surface area contributed by atoms with Crippen LogP contribution in [0.2, 0.25) is 0 Å². The summed E-state index contributed by atoms with van der Waals surface area (Å²) in [5.74, 6) is 2.31. The van der Waals surface area contributed by atoms with Gasteiger partial charge in [0.2, 0.25) is 0 Å². The number of rotatable bonds is 5. The van der Waals surface area contributed by atoms with Gasteiger partial charge in [-0.3, -0.25) is 14.5 Å². The van der Waals surface area contributed by atoms with E-state index < -0.39 is 0 Å². The van der Waals surface area contributed by atoms with Gasteiger partial charge in [-0.05, 0) is 30.9 Å². The van der Waals surface area contributed by atoms with Crippen molar-refractivity contribution >= 4 is 5.96 Å². The van der Waals surface area contributed by atoms with E-state index in [1.165, 1.54) is 19.4 Å². The van der Waals surface area contributed by atoms with Gasteiger partial charge in [-0.15, -0.1) is 10.2 Å². The highest BCUT2D eigenvalue weighted by Gasteiger charge is 2.38. The fourth-order valence-electron chi connectivity index (χ4n) is 3.65. The Bertz CT molecular complexity index is 750. The van der Waals surface area contributed by atoms with Crippen LogP contribution >= 0.6 is 0 Å². The highest BCUT2D eigenvalue weighted by Crippen LogP contribution is 2.31. The molecule has 1 saturated heterocycles. The first-order chi connectivity index (χ1) is 12.7. The van der Waals surface area contributed by atoms with Crippen LogP contribution in [0.3, 0.4) is 0 Å². The number of hydrogen-bond donors (Lipinski definition) is 2. The Morgan fingerprint density at radius 1 is 1.23 bits per heavy atom. The van der Waals surface area contributed by atoms with Crippen LogP contribution in [0.4, 0.5) is 0 Å². The molecule has 0 bridgehead atoms. The molecule has 1 aromatic carbocycles. The largest absolute Gasteiger partial charge is 0.352 e. The molecule has 0 radical (unpaired) electrons. The summed E-state index contributed by atoms with van der Waals surface area (Å²) in [5, 5.41) is 15.3. The topological polar surface area (TPSA) is 70.4 Å². The Hall–Kier alpha value is -2.41. The van der Waals surface area contributed by atoms with Gasteiger partial charge in [-0.1, -0.05) is 25.1 Å². The number of para-hydroxylation sites is 1. The zero-order chi connectivity index (χ0) is 17.9. The van der Waals surface area contributed by atoms with Crippen molar-refractivity contribution in [2.24, 2.45) is 10.9 Å². The molecule has 138 valence electrons. The minimum Gasteiger partial charge on any atom is -0.352 e. The van der Waals surface area contributed by atoms with Crippen LogP contribution in [0.15, 0.2) is 41.7 Å². The molecule has 2 heterocycles. The number of aromatic nitrogens is 3. The first kappa shape index (κ1) is 17.0. The van der Waals surface area contributed by atoms with Crippen molar-refractivity contribution in [3.8, 4) is 5.69 Å². The third kappa shape index (κ3) is 3.72. The van der Waals surface area contributed by atoms with E-state index in [-0.39, 0.29) is 0 Å². The molecule has 2 unspecified atom stereocenters. The highest BCUT2D eigenvalue weighted by molar-refractivity contribution is 5.80. The van der Waals surface area contributed by atoms with Crippen LogP contribution in [0.5, 0.6) is 0 Å². The van der Waals surface area contributed by atoms with Crippen molar-refractivity contribution in [3.63, 3.8) is 0 Å². The first-order valence-corrected chi connectivity index (χ1v) is 9.40. The molecule has 4 rings (SSSR count). The summed E-state index contributed by atoms with van der Waals surface area (Å²) in [7, 11) is 1.82. The molecule has 0 spiro atoms. The predicted molar refractivity (Wildman–Crippen MR) is 102 cm³/mol. The molecule has 7 nitrogen and oxygen atoms in total. The third-order valence-electron chi connectivity index (χ3n) is 5.32. The van der Waals surface area contributed by atoms with Crippen molar-refractivity contribution in [3.05, 3.63) is 42.5 Å². The Morgan fingerprint density at radius 2 is 2.04 bits per heavy atom. The molecule has 0 amide bonds. The van der Waals surface area contributed by atoms with Gasteiger partial charge in [-0.25, -0.2) is 0 Å². The van der Waals surface area contributed by atoms with Crippen molar-refractivity contribution in [2.75, 3.05) is 20.1 Å². The van der Waals surface area contributed by atoms with E-state index in [4.69, 9.17) is 0 Å². The molecular weight excluding hydrogens is 326 g/mol. The summed E-state index contributed by atoms with van der Waals surface area (Å²) in [4.78, 5) is 7.00. The summed E-state index contributed by atoms with van der Waals surface area (Å²) in [6.07, 6.45) is 4.47. The number of nitrogens with one attached hydrogen (secondary N) is 2. The summed E-state index contributed by atoms with van der Waals surface area (Å²) in [5.41, 5.74) is 1.06. The normalized spacial score (nSPS) is 24.0. The first-order valence-electron chi connectivity index (χ1n) is 9.40. The van der Waals surface area contributed by atoms with Gasteiger partial charge in [0.1, 0.15) is 6.33 Å². The van der Waals surface area contributed by atoms with Crippen molar-refractivity contribution in [1.29, 1.82) is 0 Å². The number of benzene rings is 1. The Labute approximate surface area is 154 Å². The van der Waals surface area contributed by atoms with E-state index in [1.807, 2.05) is 41.9 Å². The number of hydrogen-bond acceptors (Lipinski definition) is 4. The lowest BCUT2D eigenvalue weighted by Crippen LogP contribution is -2.46. The minimum atomic E-state index is 0.439. The van der Waals surface area contributed by atoms with Gasteiger partial charge < -0.3 is 10.6 Å². The van der Waals surface area contributed by atoms with Crippen LogP contribution in [0.1, 0.15) is 25.6 Å². The van der Waals surface area contributed by atoms with Crippen molar-refractivity contribution in [1.82, 2.24) is 30.3 Å². The molecule has 1 saturated carbocycles. The summed E-state index contributed by atoms with van der Waals surface area (Å²) < 4.78 is 1.99. The second-order valence-corrected chi connectivity index (χ2v) is 7.29. The molecule has 1 aliphatic carbocycles. The molecule has 1 aromatic heterocycles. The number of guanidine groups is 1. The average Bonchev–Trinajstić information content (AvgIpc) is 3.31. The van der Waals surface area contributed by atoms with Crippen LogP contribution in [0, 0.1) is 5.92 Å². The number of aliphatic imine (C=N–C) groups is 1. The average molecular weight is 353 g/mol. The number of nitrogens with zero attached hydrogens (tertiary/aromatic N) is 5.